The number of thiazole rings is 1. The summed E-state index contributed by atoms with van der Waals surface area (Å²) in [7, 11) is 0. The van der Waals surface area contributed by atoms with E-state index in [0.29, 0.717) is 5.56 Å². The number of aryl methyl sites for hydroxylation is 1. The highest BCUT2D eigenvalue weighted by molar-refractivity contribution is 8.01. The van der Waals surface area contributed by atoms with Crippen molar-refractivity contribution in [3.05, 3.63) is 35.0 Å². The van der Waals surface area contributed by atoms with Gasteiger partial charge in [0.1, 0.15) is 5.03 Å². The third-order valence-corrected chi connectivity index (χ3v) is 3.69. The highest BCUT2D eigenvalue weighted by Crippen LogP contribution is 2.28. The highest BCUT2D eigenvalue weighted by Gasteiger charge is 2.02. The molecule has 0 amide bonds. The molecule has 2 rings (SSSR count). The maximum atomic E-state index is 10.4. The summed E-state index contributed by atoms with van der Waals surface area (Å²) in [5.74, 6) is 0. The normalized spacial score (nSPS) is 10.2. The SMILES string of the molecule is Cc1csc(Sc2ccc(C=O)cn2)n1. The fourth-order valence-corrected chi connectivity index (χ4v) is 2.71. The lowest BCUT2D eigenvalue weighted by atomic mass is 10.3. The molecule has 2 aromatic rings. The van der Waals surface area contributed by atoms with Gasteiger partial charge in [0, 0.05) is 22.8 Å². The van der Waals surface area contributed by atoms with Crippen LogP contribution in [0.4, 0.5) is 0 Å². The molecule has 0 N–H and O–H groups in total. The van der Waals surface area contributed by atoms with Crippen LogP contribution in [0, 0.1) is 6.92 Å². The van der Waals surface area contributed by atoms with Crippen molar-refractivity contribution in [3.63, 3.8) is 0 Å². The average molecular weight is 236 g/mol. The lowest BCUT2D eigenvalue weighted by Gasteiger charge is -1.96. The zero-order valence-electron chi connectivity index (χ0n) is 8.01. The Morgan fingerprint density at radius 2 is 2.33 bits per heavy atom. The van der Waals surface area contributed by atoms with Crippen molar-refractivity contribution in [3.8, 4) is 0 Å². The summed E-state index contributed by atoms with van der Waals surface area (Å²) in [5.41, 5.74) is 1.61. The maximum absolute atomic E-state index is 10.4. The van der Waals surface area contributed by atoms with Gasteiger partial charge in [-0.05, 0) is 30.8 Å². The van der Waals surface area contributed by atoms with Crippen molar-refractivity contribution < 1.29 is 4.79 Å². The molecular formula is C10H8N2OS2. The lowest BCUT2D eigenvalue weighted by Crippen LogP contribution is -1.83. The standard InChI is InChI=1S/C10H8N2OS2/c1-7-6-14-10(12-7)15-9-3-2-8(5-13)4-11-9/h2-6H,1H3. The molecule has 76 valence electrons. The van der Waals surface area contributed by atoms with E-state index in [1.165, 1.54) is 11.8 Å². The van der Waals surface area contributed by atoms with E-state index in [2.05, 4.69) is 9.97 Å². The van der Waals surface area contributed by atoms with Crippen LogP contribution in [0.1, 0.15) is 16.1 Å². The Balaban J connectivity index is 2.14. The van der Waals surface area contributed by atoms with Gasteiger partial charge in [0.05, 0.1) is 0 Å². The van der Waals surface area contributed by atoms with E-state index in [1.54, 1.807) is 23.6 Å². The van der Waals surface area contributed by atoms with Gasteiger partial charge in [0.25, 0.3) is 0 Å². The van der Waals surface area contributed by atoms with Crippen LogP contribution in [0.15, 0.2) is 33.1 Å². The van der Waals surface area contributed by atoms with Gasteiger partial charge < -0.3 is 0 Å². The van der Waals surface area contributed by atoms with Gasteiger partial charge in [-0.3, -0.25) is 4.79 Å². The van der Waals surface area contributed by atoms with Crippen molar-refractivity contribution in [1.82, 2.24) is 9.97 Å². The molecule has 0 aliphatic carbocycles. The van der Waals surface area contributed by atoms with Crippen LogP contribution in [0.2, 0.25) is 0 Å². The largest absolute Gasteiger partial charge is 0.298 e. The molecule has 0 bridgehead atoms. The van der Waals surface area contributed by atoms with E-state index in [4.69, 9.17) is 0 Å². The number of rotatable bonds is 3. The van der Waals surface area contributed by atoms with Crippen LogP contribution in [0.3, 0.4) is 0 Å². The molecule has 0 fully saturated rings. The Labute approximate surface area is 95.6 Å². The Morgan fingerprint density at radius 1 is 1.47 bits per heavy atom. The van der Waals surface area contributed by atoms with Crippen LogP contribution in [-0.2, 0) is 0 Å². The van der Waals surface area contributed by atoms with Crippen LogP contribution in [0.5, 0.6) is 0 Å². The van der Waals surface area contributed by atoms with E-state index in [0.717, 1.165) is 21.3 Å². The van der Waals surface area contributed by atoms with Crippen LogP contribution >= 0.6 is 23.1 Å². The highest BCUT2D eigenvalue weighted by atomic mass is 32.2. The smallest absolute Gasteiger partial charge is 0.156 e. The molecule has 0 aliphatic heterocycles. The fraction of sp³-hybridized carbons (Fsp3) is 0.100. The topological polar surface area (TPSA) is 42.9 Å². The average Bonchev–Trinajstić information content (AvgIpc) is 2.65. The number of hydrogen-bond acceptors (Lipinski definition) is 5. The second-order valence-corrected chi connectivity index (χ2v) is 5.03. The summed E-state index contributed by atoms with van der Waals surface area (Å²) < 4.78 is 0.971. The van der Waals surface area contributed by atoms with Gasteiger partial charge in [-0.25, -0.2) is 9.97 Å². The molecule has 2 heterocycles. The number of nitrogens with zero attached hydrogens (tertiary/aromatic N) is 2. The molecule has 0 spiro atoms. The molecule has 0 unspecified atom stereocenters. The molecule has 0 saturated carbocycles. The van der Waals surface area contributed by atoms with E-state index in [9.17, 15) is 4.79 Å². The minimum absolute atomic E-state index is 0.592. The van der Waals surface area contributed by atoms with Crippen LogP contribution < -0.4 is 0 Å². The first-order chi connectivity index (χ1) is 7.28. The molecular weight excluding hydrogens is 228 g/mol. The summed E-state index contributed by atoms with van der Waals surface area (Å²) >= 11 is 3.10. The van der Waals surface area contributed by atoms with Gasteiger partial charge in [-0.2, -0.15) is 0 Å². The van der Waals surface area contributed by atoms with Gasteiger partial charge in [-0.15, -0.1) is 11.3 Å². The first-order valence-electron chi connectivity index (χ1n) is 4.29. The first-order valence-corrected chi connectivity index (χ1v) is 5.99. The Bertz CT molecular complexity index is 465. The summed E-state index contributed by atoms with van der Waals surface area (Å²) in [6, 6.07) is 3.58. The Kier molecular flexibility index (Phi) is 3.13. The molecule has 15 heavy (non-hydrogen) atoms. The third kappa shape index (κ3) is 2.64. The summed E-state index contributed by atoms with van der Waals surface area (Å²) in [4.78, 5) is 18.9. The van der Waals surface area contributed by atoms with E-state index in [-0.39, 0.29) is 0 Å². The molecule has 0 saturated heterocycles. The first kappa shape index (κ1) is 10.3. The van der Waals surface area contributed by atoms with Gasteiger partial charge in [0.2, 0.25) is 0 Å². The number of carbonyl (C=O) groups excluding carboxylic acids is 1. The van der Waals surface area contributed by atoms with Crippen molar-refractivity contribution >= 4 is 29.4 Å². The molecule has 0 aliphatic rings. The summed E-state index contributed by atoms with van der Waals surface area (Å²) in [6.45, 7) is 1.96. The molecule has 5 heteroatoms. The predicted octanol–water partition coefficient (Wildman–Crippen LogP) is 2.81. The zero-order chi connectivity index (χ0) is 10.7. The Hall–Kier alpha value is -1.20. The number of aldehydes is 1. The summed E-state index contributed by atoms with van der Waals surface area (Å²) in [6.07, 6.45) is 2.35. The number of hydrogen-bond donors (Lipinski definition) is 0. The maximum Gasteiger partial charge on any atom is 0.156 e. The van der Waals surface area contributed by atoms with Crippen LogP contribution in [-0.4, -0.2) is 16.3 Å². The predicted molar refractivity (Wildman–Crippen MR) is 60.6 cm³/mol. The van der Waals surface area contributed by atoms with Crippen molar-refractivity contribution in [1.29, 1.82) is 0 Å². The van der Waals surface area contributed by atoms with Gasteiger partial charge in [0.15, 0.2) is 10.6 Å². The van der Waals surface area contributed by atoms with Crippen molar-refractivity contribution in [2.75, 3.05) is 0 Å². The van der Waals surface area contributed by atoms with Crippen LogP contribution in [0.25, 0.3) is 0 Å². The lowest BCUT2D eigenvalue weighted by molar-refractivity contribution is 0.112. The second kappa shape index (κ2) is 4.55. The van der Waals surface area contributed by atoms with E-state index >= 15 is 0 Å². The Morgan fingerprint density at radius 3 is 2.87 bits per heavy atom. The molecule has 0 atom stereocenters. The monoisotopic (exact) mass is 236 g/mol. The summed E-state index contributed by atoms with van der Waals surface area (Å²) in [5, 5.41) is 2.86. The molecule has 2 aromatic heterocycles. The number of aromatic nitrogens is 2. The van der Waals surface area contributed by atoms with Gasteiger partial charge >= 0.3 is 0 Å². The second-order valence-electron chi connectivity index (χ2n) is 2.90. The quantitative estimate of drug-likeness (QED) is 0.768. The fourth-order valence-electron chi connectivity index (χ4n) is 0.991. The minimum atomic E-state index is 0.592. The number of pyridine rings is 1. The third-order valence-electron chi connectivity index (χ3n) is 1.69. The molecule has 0 radical (unpaired) electrons. The van der Waals surface area contributed by atoms with Gasteiger partial charge in [-0.1, -0.05) is 0 Å². The zero-order valence-corrected chi connectivity index (χ0v) is 9.64. The number of carbonyl (C=O) groups is 1. The molecule has 0 aromatic carbocycles. The van der Waals surface area contributed by atoms with E-state index < -0.39 is 0 Å². The van der Waals surface area contributed by atoms with Crippen molar-refractivity contribution in [2.24, 2.45) is 0 Å². The molecule has 3 nitrogen and oxygen atoms in total. The minimum Gasteiger partial charge on any atom is -0.298 e. The van der Waals surface area contributed by atoms with Crippen molar-refractivity contribution in [2.45, 2.75) is 16.3 Å². The van der Waals surface area contributed by atoms with E-state index in [1.807, 2.05) is 18.4 Å².